The molecule has 3 heteroatoms. The van der Waals surface area contributed by atoms with Gasteiger partial charge in [0.2, 0.25) is 0 Å². The van der Waals surface area contributed by atoms with Crippen molar-refractivity contribution in [3.05, 3.63) is 0 Å². The third-order valence-corrected chi connectivity index (χ3v) is 1.30. The molecular formula is C8H19N3. The quantitative estimate of drug-likeness (QED) is 0.359. The van der Waals surface area contributed by atoms with Gasteiger partial charge in [-0.2, -0.15) is 5.10 Å². The minimum absolute atomic E-state index is 0.0942. The first-order valence-corrected chi connectivity index (χ1v) is 4.01. The maximum absolute atomic E-state index is 4.19. The highest BCUT2D eigenvalue weighted by molar-refractivity contribution is 5.86. The number of rotatable bonds is 2. The molecule has 0 saturated carbocycles. The molecule has 0 aromatic rings. The topological polar surface area (TPSA) is 36.4 Å². The van der Waals surface area contributed by atoms with Crippen LogP contribution in [0.1, 0.15) is 27.7 Å². The molecule has 2 N–H and O–H groups in total. The molecule has 0 unspecified atom stereocenters. The highest BCUT2D eigenvalue weighted by Gasteiger charge is 2.17. The molecule has 0 heterocycles. The molecule has 0 radical (unpaired) electrons. The van der Waals surface area contributed by atoms with E-state index in [1.54, 1.807) is 0 Å². The predicted molar refractivity (Wildman–Crippen MR) is 49.6 cm³/mol. The summed E-state index contributed by atoms with van der Waals surface area (Å²) in [6, 6.07) is 0. The van der Waals surface area contributed by atoms with Crippen LogP contribution in [-0.4, -0.2) is 19.4 Å². The fraction of sp³-hybridized carbons (Fsp3) is 0.875. The Morgan fingerprint density at radius 3 is 2.18 bits per heavy atom. The summed E-state index contributed by atoms with van der Waals surface area (Å²) in [5.41, 5.74) is 3.03. The molecule has 3 nitrogen and oxygen atoms in total. The van der Waals surface area contributed by atoms with Gasteiger partial charge in [0.15, 0.2) is 0 Å². The van der Waals surface area contributed by atoms with Gasteiger partial charge >= 0.3 is 0 Å². The number of amidine groups is 1. The molecule has 0 aliphatic rings. The fourth-order valence-electron chi connectivity index (χ4n) is 0.757. The van der Waals surface area contributed by atoms with Gasteiger partial charge in [0.25, 0.3) is 0 Å². The summed E-state index contributed by atoms with van der Waals surface area (Å²) in [7, 11) is 1.89. The molecule has 0 bridgehead atoms. The van der Waals surface area contributed by atoms with Crippen molar-refractivity contribution in [2.24, 2.45) is 10.5 Å². The van der Waals surface area contributed by atoms with Crippen LogP contribution < -0.4 is 10.7 Å². The highest BCUT2D eigenvalue weighted by Crippen LogP contribution is 2.13. The normalized spacial score (nSPS) is 13.0. The van der Waals surface area contributed by atoms with Crippen LogP contribution in [0.25, 0.3) is 0 Å². The zero-order valence-electron chi connectivity index (χ0n) is 8.15. The van der Waals surface area contributed by atoms with Crippen LogP contribution >= 0.6 is 0 Å². The molecule has 66 valence electrons. The first-order valence-electron chi connectivity index (χ1n) is 4.01. The van der Waals surface area contributed by atoms with Gasteiger partial charge in [-0.1, -0.05) is 20.8 Å². The summed E-state index contributed by atoms with van der Waals surface area (Å²) < 4.78 is 0. The van der Waals surface area contributed by atoms with E-state index in [4.69, 9.17) is 0 Å². The van der Waals surface area contributed by atoms with Gasteiger partial charge in [-0.3, -0.25) is 0 Å². The molecule has 0 saturated heterocycles. The lowest BCUT2D eigenvalue weighted by atomic mass is 9.95. The Bertz CT molecular complexity index is 133. The van der Waals surface area contributed by atoms with E-state index in [-0.39, 0.29) is 5.41 Å². The SMILES string of the molecule is CCN/N=C(/NC)C(C)(C)C. The first-order chi connectivity index (χ1) is 5.02. The van der Waals surface area contributed by atoms with Gasteiger partial charge in [-0.25, -0.2) is 0 Å². The van der Waals surface area contributed by atoms with Crippen molar-refractivity contribution in [1.29, 1.82) is 0 Å². The highest BCUT2D eigenvalue weighted by atomic mass is 15.3. The average molecular weight is 157 g/mol. The van der Waals surface area contributed by atoms with E-state index in [1.807, 2.05) is 14.0 Å². The Hall–Kier alpha value is -0.730. The second kappa shape index (κ2) is 4.21. The molecule has 0 spiro atoms. The van der Waals surface area contributed by atoms with Crippen molar-refractivity contribution in [3.63, 3.8) is 0 Å². The Balaban J connectivity index is 4.16. The number of nitrogens with zero attached hydrogens (tertiary/aromatic N) is 1. The van der Waals surface area contributed by atoms with E-state index in [1.165, 1.54) is 0 Å². The molecule has 0 aliphatic heterocycles. The van der Waals surface area contributed by atoms with E-state index < -0.39 is 0 Å². The Labute approximate surface area is 69.3 Å². The van der Waals surface area contributed by atoms with Crippen molar-refractivity contribution in [1.82, 2.24) is 10.7 Å². The number of hydrazone groups is 1. The standard InChI is InChI=1S/C8H19N3/c1-6-10-11-7(9-5)8(2,3)4/h10H,6H2,1-5H3,(H,9,11). The summed E-state index contributed by atoms with van der Waals surface area (Å²) in [5, 5.41) is 7.25. The largest absolute Gasteiger partial charge is 0.375 e. The molecule has 0 rings (SSSR count). The number of nitrogens with one attached hydrogen (secondary N) is 2. The van der Waals surface area contributed by atoms with Crippen LogP contribution in [-0.2, 0) is 0 Å². The molecule has 0 aliphatic carbocycles. The van der Waals surface area contributed by atoms with Crippen LogP contribution in [0, 0.1) is 5.41 Å². The monoisotopic (exact) mass is 157 g/mol. The van der Waals surface area contributed by atoms with E-state index in [0.29, 0.717) is 0 Å². The van der Waals surface area contributed by atoms with Gasteiger partial charge in [0.1, 0.15) is 5.84 Å². The Morgan fingerprint density at radius 1 is 1.36 bits per heavy atom. The van der Waals surface area contributed by atoms with Crippen LogP contribution in [0.4, 0.5) is 0 Å². The summed E-state index contributed by atoms with van der Waals surface area (Å²) in [6.07, 6.45) is 0. The van der Waals surface area contributed by atoms with E-state index in [9.17, 15) is 0 Å². The molecule has 0 aromatic carbocycles. The van der Waals surface area contributed by atoms with Crippen molar-refractivity contribution in [2.45, 2.75) is 27.7 Å². The summed E-state index contributed by atoms with van der Waals surface area (Å²) in [5.74, 6) is 0.986. The lowest BCUT2D eigenvalue weighted by molar-refractivity contribution is 0.560. The molecule has 0 amide bonds. The average Bonchev–Trinajstić information content (AvgIpc) is 1.87. The van der Waals surface area contributed by atoms with Crippen LogP contribution in [0.2, 0.25) is 0 Å². The Kier molecular flexibility index (Phi) is 3.93. The van der Waals surface area contributed by atoms with Crippen LogP contribution in [0.5, 0.6) is 0 Å². The van der Waals surface area contributed by atoms with Gasteiger partial charge in [0.05, 0.1) is 0 Å². The zero-order chi connectivity index (χ0) is 8.91. The van der Waals surface area contributed by atoms with E-state index >= 15 is 0 Å². The van der Waals surface area contributed by atoms with Gasteiger partial charge in [-0.15, -0.1) is 0 Å². The Morgan fingerprint density at radius 2 is 1.91 bits per heavy atom. The zero-order valence-corrected chi connectivity index (χ0v) is 8.15. The second-order valence-corrected chi connectivity index (χ2v) is 3.47. The predicted octanol–water partition coefficient (Wildman–Crippen LogP) is 1.17. The second-order valence-electron chi connectivity index (χ2n) is 3.47. The summed E-state index contributed by atoms with van der Waals surface area (Å²) >= 11 is 0. The third-order valence-electron chi connectivity index (χ3n) is 1.30. The lowest BCUT2D eigenvalue weighted by Gasteiger charge is -2.20. The maximum atomic E-state index is 4.19. The van der Waals surface area contributed by atoms with Crippen molar-refractivity contribution in [3.8, 4) is 0 Å². The number of hydrogen-bond donors (Lipinski definition) is 2. The van der Waals surface area contributed by atoms with Crippen molar-refractivity contribution >= 4 is 5.84 Å². The van der Waals surface area contributed by atoms with Gasteiger partial charge in [0, 0.05) is 19.0 Å². The molecule has 0 aromatic heterocycles. The third kappa shape index (κ3) is 3.86. The fourth-order valence-corrected chi connectivity index (χ4v) is 0.757. The maximum Gasteiger partial charge on any atom is 0.127 e. The number of hydrogen-bond acceptors (Lipinski definition) is 2. The smallest absolute Gasteiger partial charge is 0.127 e. The van der Waals surface area contributed by atoms with E-state index in [0.717, 1.165) is 12.4 Å². The van der Waals surface area contributed by atoms with Crippen molar-refractivity contribution < 1.29 is 0 Å². The first kappa shape index (κ1) is 10.3. The van der Waals surface area contributed by atoms with Gasteiger partial charge in [-0.05, 0) is 6.92 Å². The van der Waals surface area contributed by atoms with Crippen molar-refractivity contribution in [2.75, 3.05) is 13.6 Å². The molecule has 0 atom stereocenters. The molecule has 0 fully saturated rings. The minimum Gasteiger partial charge on any atom is -0.375 e. The minimum atomic E-state index is 0.0942. The summed E-state index contributed by atoms with van der Waals surface area (Å²) in [4.78, 5) is 0. The van der Waals surface area contributed by atoms with Gasteiger partial charge < -0.3 is 10.7 Å². The van der Waals surface area contributed by atoms with Crippen LogP contribution in [0.3, 0.4) is 0 Å². The van der Waals surface area contributed by atoms with Crippen LogP contribution in [0.15, 0.2) is 5.10 Å². The lowest BCUT2D eigenvalue weighted by Crippen LogP contribution is -2.34. The molecule has 11 heavy (non-hydrogen) atoms. The molecular weight excluding hydrogens is 138 g/mol. The van der Waals surface area contributed by atoms with E-state index in [2.05, 4.69) is 36.6 Å². The summed E-state index contributed by atoms with van der Waals surface area (Å²) in [6.45, 7) is 9.26.